The molecule has 0 unspecified atom stereocenters. The summed E-state index contributed by atoms with van der Waals surface area (Å²) < 4.78 is 3.64. The van der Waals surface area contributed by atoms with Crippen LogP contribution in [-0.4, -0.2) is 24.4 Å². The van der Waals surface area contributed by atoms with Crippen molar-refractivity contribution >= 4 is 17.9 Å². The topological polar surface area (TPSA) is 74.0 Å². The van der Waals surface area contributed by atoms with Crippen LogP contribution < -0.4 is 5.73 Å². The molecule has 0 saturated heterocycles. The number of nitrogens with zero attached hydrogens (tertiary/aromatic N) is 5. The van der Waals surface area contributed by atoms with E-state index in [0.29, 0.717) is 6.54 Å². The van der Waals surface area contributed by atoms with Gasteiger partial charge in [0.25, 0.3) is 0 Å². The van der Waals surface area contributed by atoms with Crippen molar-refractivity contribution in [2.45, 2.75) is 13.5 Å². The fourth-order valence-electron chi connectivity index (χ4n) is 2.93. The second-order valence-corrected chi connectivity index (χ2v) is 5.89. The van der Waals surface area contributed by atoms with E-state index in [0.717, 1.165) is 33.6 Å². The molecule has 0 fully saturated rings. The van der Waals surface area contributed by atoms with Gasteiger partial charge in [-0.3, -0.25) is 4.68 Å². The second-order valence-electron chi connectivity index (χ2n) is 5.89. The predicted molar refractivity (Wildman–Crippen MR) is 101 cm³/mol. The Bertz CT molecular complexity index is 1030. The Labute approximate surface area is 151 Å². The number of rotatable bonds is 3. The summed E-state index contributed by atoms with van der Waals surface area (Å²) in [6.45, 7) is 2.61. The summed E-state index contributed by atoms with van der Waals surface area (Å²) in [6.07, 6.45) is 5.49. The molecule has 0 saturated carbocycles. The Morgan fingerprint density at radius 2 is 1.96 bits per heavy atom. The van der Waals surface area contributed by atoms with Crippen LogP contribution in [-0.2, 0) is 13.6 Å². The van der Waals surface area contributed by atoms with Gasteiger partial charge in [0.05, 0.1) is 16.9 Å². The molecule has 0 aliphatic rings. The van der Waals surface area contributed by atoms with E-state index >= 15 is 0 Å². The van der Waals surface area contributed by atoms with Crippen molar-refractivity contribution in [3.63, 3.8) is 0 Å². The third-order valence-corrected chi connectivity index (χ3v) is 4.25. The van der Waals surface area contributed by atoms with Crippen molar-refractivity contribution < 1.29 is 0 Å². The van der Waals surface area contributed by atoms with E-state index in [2.05, 4.69) is 46.4 Å². The van der Waals surface area contributed by atoms with Crippen LogP contribution in [0.1, 0.15) is 11.1 Å². The summed E-state index contributed by atoms with van der Waals surface area (Å²) in [5.74, 6) is 0. The van der Waals surface area contributed by atoms with Gasteiger partial charge < -0.3 is 5.73 Å². The molecule has 0 aliphatic carbocycles. The molecule has 2 N–H and O–H groups in total. The average Bonchev–Trinajstić information content (AvgIpc) is 3.20. The fraction of sp³-hybridized carbons (Fsp3) is 0.167. The van der Waals surface area contributed by atoms with E-state index in [1.807, 2.05) is 30.0 Å². The van der Waals surface area contributed by atoms with Crippen LogP contribution in [0.5, 0.6) is 0 Å². The zero-order valence-corrected chi connectivity index (χ0v) is 14.9. The quantitative estimate of drug-likeness (QED) is 0.613. The first-order valence-corrected chi connectivity index (χ1v) is 7.79. The Morgan fingerprint density at radius 1 is 1.12 bits per heavy atom. The molecule has 6 nitrogen and oxygen atoms in total. The number of aromatic nitrogens is 5. The highest BCUT2D eigenvalue weighted by atomic mass is 35.5. The lowest BCUT2D eigenvalue weighted by atomic mass is 10.0. The van der Waals surface area contributed by atoms with Crippen LogP contribution in [0.3, 0.4) is 0 Å². The maximum Gasteiger partial charge on any atom is 0.137 e. The van der Waals surface area contributed by atoms with Crippen molar-refractivity contribution in [3.8, 4) is 22.5 Å². The SMILES string of the molecule is Cc1cc(-c2ncnn3cc(-c4ccn(C)n4)cc23)ccc1CN.Cl. The lowest BCUT2D eigenvalue weighted by Crippen LogP contribution is -2.00. The zero-order valence-electron chi connectivity index (χ0n) is 14.0. The minimum Gasteiger partial charge on any atom is -0.326 e. The smallest absolute Gasteiger partial charge is 0.137 e. The summed E-state index contributed by atoms with van der Waals surface area (Å²) in [5.41, 5.74) is 12.9. The summed E-state index contributed by atoms with van der Waals surface area (Å²) in [7, 11) is 1.91. The van der Waals surface area contributed by atoms with Crippen LogP contribution >= 0.6 is 12.4 Å². The van der Waals surface area contributed by atoms with E-state index < -0.39 is 0 Å². The van der Waals surface area contributed by atoms with E-state index in [1.54, 1.807) is 11.0 Å². The third kappa shape index (κ3) is 3.01. The van der Waals surface area contributed by atoms with Gasteiger partial charge in [0, 0.05) is 37.1 Å². The monoisotopic (exact) mass is 354 g/mol. The molecule has 3 aromatic heterocycles. The van der Waals surface area contributed by atoms with E-state index in [9.17, 15) is 0 Å². The molecule has 0 aliphatic heterocycles. The minimum absolute atomic E-state index is 0. The van der Waals surface area contributed by atoms with Crippen molar-refractivity contribution in [1.82, 2.24) is 24.4 Å². The number of hydrogen-bond donors (Lipinski definition) is 1. The molecule has 0 spiro atoms. The van der Waals surface area contributed by atoms with Crippen molar-refractivity contribution in [1.29, 1.82) is 0 Å². The highest BCUT2D eigenvalue weighted by Crippen LogP contribution is 2.28. The van der Waals surface area contributed by atoms with Crippen molar-refractivity contribution in [2.24, 2.45) is 12.8 Å². The number of halogens is 1. The number of nitrogens with two attached hydrogens (primary N) is 1. The molecule has 7 heteroatoms. The van der Waals surface area contributed by atoms with E-state index in [-0.39, 0.29) is 12.4 Å². The van der Waals surface area contributed by atoms with Crippen molar-refractivity contribution in [3.05, 3.63) is 60.2 Å². The Balaban J connectivity index is 0.00000182. The summed E-state index contributed by atoms with van der Waals surface area (Å²) in [4.78, 5) is 4.50. The molecule has 1 aromatic carbocycles. The maximum atomic E-state index is 5.76. The van der Waals surface area contributed by atoms with E-state index in [4.69, 9.17) is 5.73 Å². The van der Waals surface area contributed by atoms with Gasteiger partial charge >= 0.3 is 0 Å². The maximum absolute atomic E-state index is 5.76. The molecule has 0 atom stereocenters. The average molecular weight is 355 g/mol. The molecule has 0 bridgehead atoms. The van der Waals surface area contributed by atoms with Gasteiger partial charge in [-0.05, 0) is 36.2 Å². The normalized spacial score (nSPS) is 10.8. The molecular weight excluding hydrogens is 336 g/mol. The van der Waals surface area contributed by atoms with Crippen LogP contribution in [0, 0.1) is 6.92 Å². The molecular formula is C18H19ClN6. The van der Waals surface area contributed by atoms with Crippen LogP contribution in [0.25, 0.3) is 28.0 Å². The standard InChI is InChI=1S/C18H18N6.ClH/c1-12-7-13(3-4-14(12)9-19)18-17-8-15(10-24(17)21-11-20-18)16-5-6-23(2)22-16;/h3-8,10-11H,9,19H2,1-2H3;1H. The molecule has 128 valence electrons. The molecule has 0 radical (unpaired) electrons. The number of benzene rings is 1. The Hall–Kier alpha value is -2.70. The third-order valence-electron chi connectivity index (χ3n) is 4.25. The molecule has 25 heavy (non-hydrogen) atoms. The van der Waals surface area contributed by atoms with Gasteiger partial charge in [0.15, 0.2) is 0 Å². The van der Waals surface area contributed by atoms with Gasteiger partial charge in [-0.25, -0.2) is 9.50 Å². The number of fused-ring (bicyclic) bond motifs is 1. The van der Waals surface area contributed by atoms with Gasteiger partial charge in [-0.2, -0.15) is 10.2 Å². The highest BCUT2D eigenvalue weighted by Gasteiger charge is 2.12. The summed E-state index contributed by atoms with van der Waals surface area (Å²) in [6, 6.07) is 10.3. The van der Waals surface area contributed by atoms with E-state index in [1.165, 1.54) is 5.56 Å². The highest BCUT2D eigenvalue weighted by molar-refractivity contribution is 5.85. The first kappa shape index (κ1) is 17.1. The first-order chi connectivity index (χ1) is 11.7. The summed E-state index contributed by atoms with van der Waals surface area (Å²) in [5, 5.41) is 8.78. The molecule has 4 rings (SSSR count). The molecule has 3 heterocycles. The lowest BCUT2D eigenvalue weighted by Gasteiger charge is -2.07. The molecule has 4 aromatic rings. The van der Waals surface area contributed by atoms with Crippen LogP contribution in [0.4, 0.5) is 0 Å². The summed E-state index contributed by atoms with van der Waals surface area (Å²) >= 11 is 0. The van der Waals surface area contributed by atoms with Gasteiger partial charge in [-0.15, -0.1) is 12.4 Å². The Kier molecular flexibility index (Phi) is 4.57. The van der Waals surface area contributed by atoms with Gasteiger partial charge in [0.2, 0.25) is 0 Å². The number of hydrogen-bond acceptors (Lipinski definition) is 4. The first-order valence-electron chi connectivity index (χ1n) is 7.79. The van der Waals surface area contributed by atoms with Gasteiger partial charge in [-0.1, -0.05) is 12.1 Å². The van der Waals surface area contributed by atoms with Gasteiger partial charge in [0.1, 0.15) is 6.33 Å². The molecule has 0 amide bonds. The Morgan fingerprint density at radius 3 is 2.64 bits per heavy atom. The zero-order chi connectivity index (χ0) is 16.7. The fourth-order valence-corrected chi connectivity index (χ4v) is 2.93. The largest absolute Gasteiger partial charge is 0.326 e. The lowest BCUT2D eigenvalue weighted by molar-refractivity contribution is 0.771. The number of aryl methyl sites for hydroxylation is 2. The minimum atomic E-state index is 0. The predicted octanol–water partition coefficient (Wildman–Crippen LogP) is 2.99. The second kappa shape index (κ2) is 6.66. The van der Waals surface area contributed by atoms with Crippen molar-refractivity contribution in [2.75, 3.05) is 0 Å². The van der Waals surface area contributed by atoms with Crippen LogP contribution in [0.2, 0.25) is 0 Å². The van der Waals surface area contributed by atoms with Crippen LogP contribution in [0.15, 0.2) is 49.1 Å².